The quantitative estimate of drug-likeness (QED) is 0.370. The Morgan fingerprint density at radius 2 is 0.611 bits per heavy atom. The Labute approximate surface area is 205 Å². The molecule has 4 heterocycles. The summed E-state index contributed by atoms with van der Waals surface area (Å²) in [6.07, 6.45) is 8.50. The van der Waals surface area contributed by atoms with Gasteiger partial charge in [0.05, 0.1) is 24.2 Å². The van der Waals surface area contributed by atoms with Gasteiger partial charge in [-0.3, -0.25) is 58.0 Å². The van der Waals surface area contributed by atoms with E-state index in [0.29, 0.717) is 0 Å². The molecule has 4 aliphatic rings. The number of nitrogens with zero attached hydrogens (tertiary/aromatic N) is 4. The Morgan fingerprint density at radius 1 is 0.417 bits per heavy atom. The maximum atomic E-state index is 12.5. The normalized spacial score (nSPS) is 22.8. The molecule has 36 heavy (non-hydrogen) atoms. The van der Waals surface area contributed by atoms with Crippen LogP contribution in [0, 0.1) is 0 Å². The number of amides is 8. The first-order valence-corrected chi connectivity index (χ1v) is 11.2. The van der Waals surface area contributed by atoms with Crippen LogP contribution in [0.5, 0.6) is 0 Å². The minimum Gasteiger partial charge on any atom is -0.270 e. The van der Waals surface area contributed by atoms with Crippen molar-refractivity contribution in [2.24, 2.45) is 0 Å². The van der Waals surface area contributed by atoms with E-state index < -0.39 is 71.4 Å². The maximum Gasteiger partial charge on any atom is 0.253 e. The lowest BCUT2D eigenvalue weighted by Gasteiger charge is -2.39. The fourth-order valence-electron chi connectivity index (χ4n) is 4.96. The smallest absolute Gasteiger partial charge is 0.253 e. The highest BCUT2D eigenvalue weighted by Gasteiger charge is 2.44. The summed E-state index contributed by atoms with van der Waals surface area (Å²) in [5.74, 6) is -5.00. The molecule has 0 aromatic heterocycles. The summed E-state index contributed by atoms with van der Waals surface area (Å²) in [6.45, 7) is 3.02. The minimum atomic E-state index is -1.01. The van der Waals surface area contributed by atoms with Gasteiger partial charge in [-0.15, -0.1) is 0 Å². The van der Waals surface area contributed by atoms with Crippen molar-refractivity contribution in [1.29, 1.82) is 0 Å². The molecular formula is C24H22N4O8. The monoisotopic (exact) mass is 494 g/mol. The van der Waals surface area contributed by atoms with Gasteiger partial charge in [-0.05, 0) is 26.7 Å². The minimum absolute atomic E-state index is 0.0485. The second kappa shape index (κ2) is 9.29. The van der Waals surface area contributed by atoms with Crippen LogP contribution in [-0.4, -0.2) is 91.0 Å². The highest BCUT2D eigenvalue weighted by atomic mass is 16.2. The molecule has 8 amide bonds. The molecule has 12 heteroatoms. The van der Waals surface area contributed by atoms with E-state index >= 15 is 0 Å². The molecule has 0 radical (unpaired) electrons. The van der Waals surface area contributed by atoms with Crippen LogP contribution in [0.3, 0.4) is 0 Å². The summed E-state index contributed by atoms with van der Waals surface area (Å²) in [6, 6.07) is -3.90. The van der Waals surface area contributed by atoms with Crippen LogP contribution in [0.15, 0.2) is 48.6 Å². The van der Waals surface area contributed by atoms with Crippen molar-refractivity contribution in [2.75, 3.05) is 0 Å². The summed E-state index contributed by atoms with van der Waals surface area (Å²) in [5.41, 5.74) is 0. The molecule has 186 valence electrons. The fourth-order valence-corrected chi connectivity index (χ4v) is 4.96. The van der Waals surface area contributed by atoms with Crippen LogP contribution in [0.2, 0.25) is 0 Å². The molecule has 12 nitrogen and oxygen atoms in total. The third-order valence-electron chi connectivity index (χ3n) is 6.72. The van der Waals surface area contributed by atoms with Crippen molar-refractivity contribution in [3.63, 3.8) is 0 Å². The van der Waals surface area contributed by atoms with Crippen LogP contribution in [0.1, 0.15) is 26.7 Å². The lowest BCUT2D eigenvalue weighted by Crippen LogP contribution is -2.57. The van der Waals surface area contributed by atoms with Crippen LogP contribution in [0.4, 0.5) is 0 Å². The standard InChI is InChI=1S/C24H22N4O8/c1-13(25-17(29)5-6-18(25)30)15(27-21(33)9-10-22(27)34)3-4-16(28-23(35)11-12-24(28)36)14(2)26-19(31)7-8-20(26)32/h5-16H,3-4H2,1-2H3. The van der Waals surface area contributed by atoms with Crippen molar-refractivity contribution in [3.8, 4) is 0 Å². The van der Waals surface area contributed by atoms with Gasteiger partial charge in [0.2, 0.25) is 0 Å². The third kappa shape index (κ3) is 4.10. The predicted molar refractivity (Wildman–Crippen MR) is 120 cm³/mol. The van der Waals surface area contributed by atoms with Gasteiger partial charge in [0.1, 0.15) is 0 Å². The number of carbonyl (C=O) groups excluding carboxylic acids is 8. The second-order valence-electron chi connectivity index (χ2n) is 8.71. The topological polar surface area (TPSA) is 150 Å². The van der Waals surface area contributed by atoms with Crippen molar-refractivity contribution in [2.45, 2.75) is 50.9 Å². The van der Waals surface area contributed by atoms with Crippen molar-refractivity contribution in [1.82, 2.24) is 19.6 Å². The maximum absolute atomic E-state index is 12.5. The van der Waals surface area contributed by atoms with E-state index in [0.717, 1.165) is 68.2 Å². The molecule has 0 aliphatic carbocycles. The van der Waals surface area contributed by atoms with Gasteiger partial charge in [-0.25, -0.2) is 0 Å². The molecule has 4 aliphatic heterocycles. The van der Waals surface area contributed by atoms with E-state index in [4.69, 9.17) is 0 Å². The number of hydrogen-bond donors (Lipinski definition) is 0. The van der Waals surface area contributed by atoms with Crippen LogP contribution >= 0.6 is 0 Å². The molecule has 4 unspecified atom stereocenters. The van der Waals surface area contributed by atoms with Crippen molar-refractivity contribution >= 4 is 47.3 Å². The molecule has 4 atom stereocenters. The third-order valence-corrected chi connectivity index (χ3v) is 6.72. The van der Waals surface area contributed by atoms with E-state index in [2.05, 4.69) is 0 Å². The zero-order chi connectivity index (χ0) is 26.3. The number of hydrogen-bond acceptors (Lipinski definition) is 8. The molecule has 0 aromatic rings. The molecule has 0 saturated heterocycles. The first kappa shape index (κ1) is 24.6. The molecule has 0 aromatic carbocycles. The molecule has 0 bridgehead atoms. The number of carbonyl (C=O) groups is 8. The van der Waals surface area contributed by atoms with E-state index in [1.165, 1.54) is 13.8 Å². The Kier molecular flexibility index (Phi) is 6.35. The van der Waals surface area contributed by atoms with Crippen molar-refractivity contribution in [3.05, 3.63) is 48.6 Å². The van der Waals surface area contributed by atoms with E-state index in [1.54, 1.807) is 0 Å². The van der Waals surface area contributed by atoms with Crippen molar-refractivity contribution < 1.29 is 38.4 Å². The van der Waals surface area contributed by atoms with Gasteiger partial charge in [0, 0.05) is 48.6 Å². The summed E-state index contributed by atoms with van der Waals surface area (Å²) in [4.78, 5) is 103. The average molecular weight is 494 g/mol. The Balaban J connectivity index is 1.65. The number of rotatable bonds is 9. The molecule has 4 rings (SSSR count). The first-order valence-electron chi connectivity index (χ1n) is 11.2. The average Bonchev–Trinajstić information content (AvgIpc) is 3.54. The Morgan fingerprint density at radius 3 is 0.833 bits per heavy atom. The lowest BCUT2D eigenvalue weighted by atomic mass is 9.93. The van der Waals surface area contributed by atoms with Crippen LogP contribution in [0.25, 0.3) is 0 Å². The van der Waals surface area contributed by atoms with Crippen LogP contribution < -0.4 is 0 Å². The Hall–Kier alpha value is -4.48. The lowest BCUT2D eigenvalue weighted by molar-refractivity contribution is -0.150. The zero-order valence-electron chi connectivity index (χ0n) is 19.4. The largest absolute Gasteiger partial charge is 0.270 e. The number of imide groups is 4. The summed E-state index contributed by atoms with van der Waals surface area (Å²) in [5, 5.41) is 0. The van der Waals surface area contributed by atoms with Gasteiger partial charge < -0.3 is 0 Å². The SMILES string of the molecule is CC(C(CCC(C(C)N1C(=O)C=CC1=O)N1C(=O)C=CC1=O)N1C(=O)C=CC1=O)N1C(=O)C=CC1=O. The Bertz CT molecular complexity index is 1060. The van der Waals surface area contributed by atoms with Gasteiger partial charge in [-0.1, -0.05) is 0 Å². The first-order chi connectivity index (χ1) is 17.0. The van der Waals surface area contributed by atoms with Gasteiger partial charge in [-0.2, -0.15) is 0 Å². The van der Waals surface area contributed by atoms with E-state index in [-0.39, 0.29) is 12.8 Å². The molecule has 0 N–H and O–H groups in total. The molecule has 0 spiro atoms. The highest BCUT2D eigenvalue weighted by molar-refractivity contribution is 6.16. The zero-order valence-corrected chi connectivity index (χ0v) is 19.4. The molecular weight excluding hydrogens is 472 g/mol. The summed E-state index contributed by atoms with van der Waals surface area (Å²) < 4.78 is 0. The summed E-state index contributed by atoms with van der Waals surface area (Å²) >= 11 is 0. The summed E-state index contributed by atoms with van der Waals surface area (Å²) in [7, 11) is 0. The van der Waals surface area contributed by atoms with Gasteiger partial charge in [0.25, 0.3) is 47.3 Å². The molecule has 0 saturated carbocycles. The van der Waals surface area contributed by atoms with Gasteiger partial charge in [0.15, 0.2) is 0 Å². The van der Waals surface area contributed by atoms with E-state index in [9.17, 15) is 38.4 Å². The predicted octanol–water partition coefficient (Wildman–Crippen LogP) is -1.02. The van der Waals surface area contributed by atoms with Gasteiger partial charge >= 0.3 is 0 Å². The van der Waals surface area contributed by atoms with E-state index in [1.807, 2.05) is 0 Å². The fraction of sp³-hybridized carbons (Fsp3) is 0.333. The second-order valence-corrected chi connectivity index (χ2v) is 8.71. The van der Waals surface area contributed by atoms with Crippen LogP contribution in [-0.2, 0) is 38.4 Å². The highest BCUT2D eigenvalue weighted by Crippen LogP contribution is 2.28. The molecule has 0 fully saturated rings.